The van der Waals surface area contributed by atoms with Gasteiger partial charge in [-0.2, -0.15) is 5.10 Å². The van der Waals surface area contributed by atoms with Crippen LogP contribution in [0.5, 0.6) is 0 Å². The zero-order valence-corrected chi connectivity index (χ0v) is 10.5. The van der Waals surface area contributed by atoms with Gasteiger partial charge >= 0.3 is 0 Å². The second kappa shape index (κ2) is 5.68. The van der Waals surface area contributed by atoms with Gasteiger partial charge in [0.1, 0.15) is 0 Å². The number of nitrogens with zero attached hydrogens (tertiary/aromatic N) is 2. The second-order valence-electron chi connectivity index (χ2n) is 3.83. The molecule has 2 N–H and O–H groups in total. The highest BCUT2D eigenvalue weighted by atomic mass is 35.5. The molecule has 1 aromatic rings. The largest absolute Gasteiger partial charge is 0.355 e. The number of hydrazone groups is 1. The topological polar surface area (TPSA) is 48.8 Å². The van der Waals surface area contributed by atoms with Gasteiger partial charge in [0.15, 0.2) is 0 Å². The lowest BCUT2D eigenvalue weighted by Gasteiger charge is -2.13. The molecule has 1 aliphatic rings. The number of halogens is 1. The minimum Gasteiger partial charge on any atom is -0.355 e. The van der Waals surface area contributed by atoms with Crippen molar-refractivity contribution in [2.45, 2.75) is 13.3 Å². The van der Waals surface area contributed by atoms with Crippen molar-refractivity contribution in [2.75, 3.05) is 13.1 Å². The molecule has 5 heteroatoms. The first-order chi connectivity index (χ1) is 8.25. The molecule has 1 heterocycles. The number of rotatable bonds is 2. The first-order valence-electron chi connectivity index (χ1n) is 5.60. The quantitative estimate of drug-likeness (QED) is 0.623. The zero-order valence-electron chi connectivity index (χ0n) is 9.70. The molecular formula is C12H15ClN4. The molecule has 1 aliphatic heterocycles. The van der Waals surface area contributed by atoms with E-state index in [0.29, 0.717) is 0 Å². The monoisotopic (exact) mass is 250 g/mol. The van der Waals surface area contributed by atoms with Gasteiger partial charge in [0, 0.05) is 18.1 Å². The third-order valence-corrected chi connectivity index (χ3v) is 2.74. The fraction of sp³-hybridized carbons (Fsp3) is 0.333. The summed E-state index contributed by atoms with van der Waals surface area (Å²) in [6, 6.07) is 7.59. The van der Waals surface area contributed by atoms with Crippen molar-refractivity contribution in [1.29, 1.82) is 0 Å². The Morgan fingerprint density at radius 1 is 1.41 bits per heavy atom. The van der Waals surface area contributed by atoms with Crippen LogP contribution in [-0.4, -0.2) is 24.8 Å². The second-order valence-corrected chi connectivity index (χ2v) is 4.26. The van der Waals surface area contributed by atoms with Gasteiger partial charge in [-0.05, 0) is 31.0 Å². The van der Waals surface area contributed by atoms with E-state index in [1.807, 2.05) is 31.2 Å². The highest BCUT2D eigenvalue weighted by Gasteiger charge is 2.02. The minimum atomic E-state index is 0.729. The third kappa shape index (κ3) is 3.46. The van der Waals surface area contributed by atoms with E-state index in [0.717, 1.165) is 41.8 Å². The average molecular weight is 251 g/mol. The summed E-state index contributed by atoms with van der Waals surface area (Å²) < 4.78 is 0. The van der Waals surface area contributed by atoms with Crippen LogP contribution in [0.3, 0.4) is 0 Å². The van der Waals surface area contributed by atoms with Gasteiger partial charge in [-0.25, -0.2) is 5.43 Å². The molecule has 0 fully saturated rings. The number of hydrogen-bond donors (Lipinski definition) is 2. The van der Waals surface area contributed by atoms with E-state index < -0.39 is 0 Å². The van der Waals surface area contributed by atoms with Crippen LogP contribution in [0.25, 0.3) is 0 Å². The highest BCUT2D eigenvalue weighted by molar-refractivity contribution is 6.30. The first kappa shape index (κ1) is 11.9. The predicted molar refractivity (Wildman–Crippen MR) is 71.7 cm³/mol. The molecule has 90 valence electrons. The van der Waals surface area contributed by atoms with Crippen LogP contribution in [0.2, 0.25) is 5.02 Å². The molecular weight excluding hydrogens is 236 g/mol. The summed E-state index contributed by atoms with van der Waals surface area (Å²) in [5.41, 5.74) is 4.87. The van der Waals surface area contributed by atoms with Crippen LogP contribution >= 0.6 is 11.6 Å². The fourth-order valence-corrected chi connectivity index (χ4v) is 1.63. The van der Waals surface area contributed by atoms with E-state index in [9.17, 15) is 0 Å². The lowest BCUT2D eigenvalue weighted by molar-refractivity contribution is 0.711. The van der Waals surface area contributed by atoms with Crippen LogP contribution < -0.4 is 10.7 Å². The van der Waals surface area contributed by atoms with Crippen molar-refractivity contribution in [3.8, 4) is 0 Å². The molecule has 17 heavy (non-hydrogen) atoms. The van der Waals surface area contributed by atoms with Gasteiger partial charge < -0.3 is 5.32 Å². The van der Waals surface area contributed by atoms with Crippen molar-refractivity contribution in [3.63, 3.8) is 0 Å². The first-order valence-corrected chi connectivity index (χ1v) is 5.98. The van der Waals surface area contributed by atoms with E-state index in [4.69, 9.17) is 11.6 Å². The Kier molecular flexibility index (Phi) is 3.98. The van der Waals surface area contributed by atoms with E-state index in [2.05, 4.69) is 20.8 Å². The number of benzene rings is 1. The Labute approximate surface area is 106 Å². The van der Waals surface area contributed by atoms with Gasteiger partial charge in [-0.15, -0.1) is 0 Å². The average Bonchev–Trinajstić information content (AvgIpc) is 2.38. The number of hydrogen-bond acceptors (Lipinski definition) is 4. The Bertz CT molecular complexity index is 436. The van der Waals surface area contributed by atoms with E-state index in [1.165, 1.54) is 0 Å². The number of nitrogens with one attached hydrogen (secondary N) is 2. The molecule has 0 unspecified atom stereocenters. The van der Waals surface area contributed by atoms with Gasteiger partial charge in [-0.3, -0.25) is 4.99 Å². The lowest BCUT2D eigenvalue weighted by atomic mass is 10.1. The Morgan fingerprint density at radius 3 is 2.82 bits per heavy atom. The van der Waals surface area contributed by atoms with Gasteiger partial charge in [0.25, 0.3) is 0 Å². The van der Waals surface area contributed by atoms with Gasteiger partial charge in [0.2, 0.25) is 5.96 Å². The van der Waals surface area contributed by atoms with Crippen LogP contribution in [-0.2, 0) is 0 Å². The van der Waals surface area contributed by atoms with Crippen LogP contribution in [0.1, 0.15) is 18.9 Å². The van der Waals surface area contributed by atoms with E-state index >= 15 is 0 Å². The Morgan fingerprint density at radius 2 is 2.18 bits per heavy atom. The summed E-state index contributed by atoms with van der Waals surface area (Å²) in [6.45, 7) is 3.74. The van der Waals surface area contributed by atoms with Crippen LogP contribution in [0.15, 0.2) is 34.4 Å². The van der Waals surface area contributed by atoms with Gasteiger partial charge in [0.05, 0.1) is 5.71 Å². The van der Waals surface area contributed by atoms with Crippen LogP contribution in [0.4, 0.5) is 0 Å². The maximum Gasteiger partial charge on any atom is 0.212 e. The normalized spacial score (nSPS) is 16.1. The van der Waals surface area contributed by atoms with Crippen molar-refractivity contribution < 1.29 is 0 Å². The molecule has 0 aromatic heterocycles. The maximum atomic E-state index is 5.83. The molecule has 0 aliphatic carbocycles. The molecule has 0 saturated carbocycles. The molecule has 0 spiro atoms. The van der Waals surface area contributed by atoms with Crippen LogP contribution in [0, 0.1) is 0 Å². The summed E-state index contributed by atoms with van der Waals surface area (Å²) in [5.74, 6) is 0.740. The summed E-state index contributed by atoms with van der Waals surface area (Å²) >= 11 is 5.83. The van der Waals surface area contributed by atoms with E-state index in [1.54, 1.807) is 0 Å². The summed E-state index contributed by atoms with van der Waals surface area (Å²) in [7, 11) is 0. The molecule has 0 saturated heterocycles. The standard InChI is InChI=1S/C12H15ClN4/c1-9(10-3-5-11(13)6-4-10)16-17-12-14-7-2-8-15-12/h3-6H,2,7-8H2,1H3,(H2,14,15,17). The number of aliphatic imine (C=N–C) groups is 1. The van der Waals surface area contributed by atoms with Crippen molar-refractivity contribution in [2.24, 2.45) is 10.1 Å². The predicted octanol–water partition coefficient (Wildman–Crippen LogP) is 2.00. The van der Waals surface area contributed by atoms with Crippen molar-refractivity contribution in [1.82, 2.24) is 10.7 Å². The molecule has 0 atom stereocenters. The molecule has 2 rings (SSSR count). The Hall–Kier alpha value is -1.55. The molecule has 0 radical (unpaired) electrons. The smallest absolute Gasteiger partial charge is 0.212 e. The SMILES string of the molecule is CC(=NNC1=NCCCN1)c1ccc(Cl)cc1. The summed E-state index contributed by atoms with van der Waals surface area (Å²) in [5, 5.41) is 8.15. The summed E-state index contributed by atoms with van der Waals surface area (Å²) in [4.78, 5) is 4.28. The minimum absolute atomic E-state index is 0.729. The zero-order chi connectivity index (χ0) is 12.1. The highest BCUT2D eigenvalue weighted by Crippen LogP contribution is 2.09. The van der Waals surface area contributed by atoms with Crippen molar-refractivity contribution >= 4 is 23.3 Å². The van der Waals surface area contributed by atoms with E-state index in [-0.39, 0.29) is 0 Å². The van der Waals surface area contributed by atoms with Gasteiger partial charge in [-0.1, -0.05) is 23.7 Å². The third-order valence-electron chi connectivity index (χ3n) is 2.49. The lowest BCUT2D eigenvalue weighted by Crippen LogP contribution is -2.38. The maximum absolute atomic E-state index is 5.83. The Balaban J connectivity index is 2.01. The summed E-state index contributed by atoms with van der Waals surface area (Å²) in [6.07, 6.45) is 1.07. The van der Waals surface area contributed by atoms with Crippen molar-refractivity contribution in [3.05, 3.63) is 34.9 Å². The molecule has 0 bridgehead atoms. The molecule has 0 amide bonds. The fourth-order valence-electron chi connectivity index (χ4n) is 1.50. The molecule has 4 nitrogen and oxygen atoms in total. The number of guanidine groups is 1. The molecule has 1 aromatic carbocycles.